The van der Waals surface area contributed by atoms with Gasteiger partial charge in [0.25, 0.3) is 0 Å². The number of morpholine rings is 1. The summed E-state index contributed by atoms with van der Waals surface area (Å²) in [4.78, 5) is 6.49. The van der Waals surface area contributed by atoms with Crippen molar-refractivity contribution in [3.8, 4) is 0 Å². The molecular weight excluding hydrogens is 369 g/mol. The predicted molar refractivity (Wildman–Crippen MR) is 90.3 cm³/mol. The molecule has 0 unspecified atom stereocenters. The van der Waals surface area contributed by atoms with E-state index < -0.39 is 0 Å². The Kier molecular flexibility index (Phi) is 7.86. The average molecular weight is 391 g/mol. The van der Waals surface area contributed by atoms with E-state index >= 15 is 0 Å². The summed E-state index contributed by atoms with van der Waals surface area (Å²) in [5, 5.41) is 0. The van der Waals surface area contributed by atoms with E-state index in [1.165, 1.54) is 0 Å². The lowest BCUT2D eigenvalue weighted by Gasteiger charge is -2.27. The van der Waals surface area contributed by atoms with Gasteiger partial charge in [-0.3, -0.25) is 0 Å². The van der Waals surface area contributed by atoms with Crippen molar-refractivity contribution in [3.63, 3.8) is 0 Å². The first-order valence-electron chi connectivity index (χ1n) is 6.49. The van der Waals surface area contributed by atoms with Crippen molar-refractivity contribution in [2.45, 2.75) is 13.2 Å². The number of hydrogen-bond acceptors (Lipinski definition) is 3. The van der Waals surface area contributed by atoms with Gasteiger partial charge in [0.05, 0.1) is 26.4 Å². The van der Waals surface area contributed by atoms with E-state index in [4.69, 9.17) is 15.2 Å². The van der Waals surface area contributed by atoms with Gasteiger partial charge in [0, 0.05) is 20.2 Å². The van der Waals surface area contributed by atoms with E-state index in [1.54, 1.807) is 7.11 Å². The summed E-state index contributed by atoms with van der Waals surface area (Å²) >= 11 is 0. The quantitative estimate of drug-likeness (QED) is 0.481. The molecule has 5 nitrogen and oxygen atoms in total. The molecule has 1 fully saturated rings. The molecule has 1 aliphatic rings. The Labute approximate surface area is 137 Å². The number of nitrogens with zero attached hydrogens (tertiary/aromatic N) is 2. The smallest absolute Gasteiger partial charge is 0.191 e. The first-order valence-corrected chi connectivity index (χ1v) is 6.49. The summed E-state index contributed by atoms with van der Waals surface area (Å²) in [6, 6.07) is 8.23. The molecule has 1 heterocycles. The maximum absolute atomic E-state index is 5.97. The molecule has 20 heavy (non-hydrogen) atoms. The van der Waals surface area contributed by atoms with Crippen molar-refractivity contribution in [2.24, 2.45) is 10.7 Å². The van der Waals surface area contributed by atoms with E-state index in [0.717, 1.165) is 37.4 Å². The van der Waals surface area contributed by atoms with E-state index in [0.29, 0.717) is 19.1 Å². The molecule has 0 amide bonds. The third kappa shape index (κ3) is 5.26. The Balaban J connectivity index is 0.00000200. The van der Waals surface area contributed by atoms with Crippen LogP contribution in [0, 0.1) is 0 Å². The summed E-state index contributed by atoms with van der Waals surface area (Å²) in [6.07, 6.45) is 0. The number of nitrogens with two attached hydrogens (primary N) is 1. The van der Waals surface area contributed by atoms with Gasteiger partial charge in [-0.1, -0.05) is 24.3 Å². The first-order chi connectivity index (χ1) is 9.29. The fraction of sp³-hybridized carbons (Fsp3) is 0.500. The molecule has 2 N–H and O–H groups in total. The van der Waals surface area contributed by atoms with Crippen molar-refractivity contribution in [1.29, 1.82) is 0 Å². The predicted octanol–water partition coefficient (Wildman–Crippen LogP) is 1.60. The zero-order chi connectivity index (χ0) is 13.5. The average Bonchev–Trinajstić information content (AvgIpc) is 2.47. The number of aliphatic imine (C=N–C) groups is 1. The van der Waals surface area contributed by atoms with Gasteiger partial charge in [0.2, 0.25) is 0 Å². The van der Waals surface area contributed by atoms with Crippen LogP contribution in [0.2, 0.25) is 0 Å². The zero-order valence-corrected chi connectivity index (χ0v) is 14.1. The number of guanidine groups is 1. The maximum Gasteiger partial charge on any atom is 0.191 e. The minimum atomic E-state index is 0. The summed E-state index contributed by atoms with van der Waals surface area (Å²) < 4.78 is 10.4. The highest BCUT2D eigenvalue weighted by atomic mass is 127. The molecule has 6 heteroatoms. The van der Waals surface area contributed by atoms with Gasteiger partial charge >= 0.3 is 0 Å². The van der Waals surface area contributed by atoms with Crippen LogP contribution >= 0.6 is 24.0 Å². The van der Waals surface area contributed by atoms with E-state index in [2.05, 4.69) is 34.2 Å². The van der Waals surface area contributed by atoms with Gasteiger partial charge in [0.1, 0.15) is 0 Å². The lowest BCUT2D eigenvalue weighted by Crippen LogP contribution is -2.44. The van der Waals surface area contributed by atoms with Gasteiger partial charge in [-0.2, -0.15) is 0 Å². The van der Waals surface area contributed by atoms with E-state index in [9.17, 15) is 0 Å². The largest absolute Gasteiger partial charge is 0.380 e. The van der Waals surface area contributed by atoms with Gasteiger partial charge in [0.15, 0.2) is 5.96 Å². The molecule has 0 saturated carbocycles. The molecule has 112 valence electrons. The molecule has 1 saturated heterocycles. The lowest BCUT2D eigenvalue weighted by atomic mass is 10.1. The number of benzene rings is 1. The van der Waals surface area contributed by atoms with Crippen LogP contribution < -0.4 is 5.73 Å². The van der Waals surface area contributed by atoms with Crippen LogP contribution in [0.25, 0.3) is 0 Å². The van der Waals surface area contributed by atoms with Crippen molar-refractivity contribution >= 4 is 29.9 Å². The molecule has 0 atom stereocenters. The zero-order valence-electron chi connectivity index (χ0n) is 11.7. The molecule has 0 aromatic heterocycles. The second-order valence-corrected chi connectivity index (χ2v) is 4.52. The van der Waals surface area contributed by atoms with Crippen LogP contribution in [-0.4, -0.2) is 44.3 Å². The highest BCUT2D eigenvalue weighted by molar-refractivity contribution is 14.0. The highest BCUT2D eigenvalue weighted by Gasteiger charge is 2.11. The monoisotopic (exact) mass is 391 g/mol. The lowest BCUT2D eigenvalue weighted by molar-refractivity contribution is 0.0674. The maximum atomic E-state index is 5.97. The third-order valence-electron chi connectivity index (χ3n) is 3.09. The number of rotatable bonds is 4. The molecular formula is C14H22IN3O2. The highest BCUT2D eigenvalue weighted by Crippen LogP contribution is 2.07. The van der Waals surface area contributed by atoms with E-state index in [-0.39, 0.29) is 24.0 Å². The Morgan fingerprint density at radius 3 is 2.45 bits per heavy atom. The molecule has 1 aromatic rings. The van der Waals surface area contributed by atoms with Gasteiger partial charge in [-0.25, -0.2) is 4.99 Å². The van der Waals surface area contributed by atoms with Gasteiger partial charge in [-0.15, -0.1) is 24.0 Å². The number of hydrogen-bond donors (Lipinski definition) is 1. The summed E-state index contributed by atoms with van der Waals surface area (Å²) in [6.45, 7) is 4.34. The van der Waals surface area contributed by atoms with Crippen molar-refractivity contribution < 1.29 is 9.47 Å². The summed E-state index contributed by atoms with van der Waals surface area (Å²) in [5.41, 5.74) is 8.29. The topological polar surface area (TPSA) is 60.1 Å². The van der Waals surface area contributed by atoms with Crippen LogP contribution in [0.3, 0.4) is 0 Å². The van der Waals surface area contributed by atoms with Gasteiger partial charge in [-0.05, 0) is 11.1 Å². The molecule has 0 radical (unpaired) electrons. The Hall–Kier alpha value is -0.860. The molecule has 2 rings (SSSR count). The fourth-order valence-corrected chi connectivity index (χ4v) is 1.97. The minimum Gasteiger partial charge on any atom is -0.380 e. The van der Waals surface area contributed by atoms with Crippen LogP contribution in [0.15, 0.2) is 29.3 Å². The summed E-state index contributed by atoms with van der Waals surface area (Å²) in [7, 11) is 1.70. The van der Waals surface area contributed by atoms with Gasteiger partial charge < -0.3 is 20.1 Å². The SMILES string of the molecule is COCc1ccc(CN=C(N)N2CCOCC2)cc1.I. The van der Waals surface area contributed by atoms with Crippen molar-refractivity contribution in [1.82, 2.24) is 4.90 Å². The molecule has 0 spiro atoms. The van der Waals surface area contributed by atoms with E-state index in [1.807, 2.05) is 0 Å². The van der Waals surface area contributed by atoms with Crippen molar-refractivity contribution in [3.05, 3.63) is 35.4 Å². The van der Waals surface area contributed by atoms with Crippen LogP contribution in [0.1, 0.15) is 11.1 Å². The Morgan fingerprint density at radius 1 is 1.25 bits per heavy atom. The summed E-state index contributed by atoms with van der Waals surface area (Å²) in [5.74, 6) is 0.601. The second-order valence-electron chi connectivity index (χ2n) is 4.52. The fourth-order valence-electron chi connectivity index (χ4n) is 1.97. The van der Waals surface area contributed by atoms with Crippen LogP contribution in [-0.2, 0) is 22.6 Å². The number of ether oxygens (including phenoxy) is 2. The molecule has 1 aromatic carbocycles. The Bertz CT molecular complexity index is 417. The standard InChI is InChI=1S/C14H21N3O2.HI/c1-18-11-13-4-2-12(3-5-13)10-16-14(15)17-6-8-19-9-7-17;/h2-5H,6-11H2,1H3,(H2,15,16);1H. The first kappa shape index (κ1) is 17.2. The molecule has 0 aliphatic carbocycles. The van der Waals surface area contributed by atoms with Crippen LogP contribution in [0.4, 0.5) is 0 Å². The normalized spacial score (nSPS) is 15.8. The molecule has 0 bridgehead atoms. The number of halogens is 1. The van der Waals surface area contributed by atoms with Crippen LogP contribution in [0.5, 0.6) is 0 Å². The Morgan fingerprint density at radius 2 is 1.85 bits per heavy atom. The third-order valence-corrected chi connectivity index (χ3v) is 3.09. The van der Waals surface area contributed by atoms with Crippen molar-refractivity contribution in [2.75, 3.05) is 33.4 Å². The number of methoxy groups -OCH3 is 1. The second kappa shape index (κ2) is 9.15. The minimum absolute atomic E-state index is 0. The molecule has 1 aliphatic heterocycles.